The highest BCUT2D eigenvalue weighted by Crippen LogP contribution is 2.31. The molecule has 2 aromatic carbocycles. The Labute approximate surface area is 207 Å². The molecule has 0 spiro atoms. The highest BCUT2D eigenvalue weighted by Gasteiger charge is 2.42. The summed E-state index contributed by atoms with van der Waals surface area (Å²) in [6, 6.07) is 11.3. The second kappa shape index (κ2) is 9.71. The average molecular weight is 507 g/mol. The largest absolute Gasteiger partial charge is 0.439 e. The van der Waals surface area contributed by atoms with E-state index in [0.29, 0.717) is 48.1 Å². The zero-order chi connectivity index (χ0) is 24.5. The number of benzene rings is 2. The molecule has 11 heteroatoms. The van der Waals surface area contributed by atoms with Gasteiger partial charge in [0.2, 0.25) is 0 Å². The van der Waals surface area contributed by atoms with Crippen LogP contribution in [-0.2, 0) is 4.74 Å². The number of carbonyl (C=O) groups is 3. The molecule has 3 amide bonds. The summed E-state index contributed by atoms with van der Waals surface area (Å²) in [5.74, 6) is -0.558. The summed E-state index contributed by atoms with van der Waals surface area (Å²) in [5.41, 5.74) is 0.382. The summed E-state index contributed by atoms with van der Waals surface area (Å²) >= 11 is 9.54. The Morgan fingerprint density at radius 3 is 2.44 bits per heavy atom. The van der Waals surface area contributed by atoms with Gasteiger partial charge in [-0.1, -0.05) is 24.2 Å². The molecule has 180 valence electrons. The Hall–Kier alpha value is -2.98. The summed E-state index contributed by atoms with van der Waals surface area (Å²) < 4.78 is 20.4. The molecule has 2 fully saturated rings. The zero-order valence-electron chi connectivity index (χ0n) is 18.5. The monoisotopic (exact) mass is 506 g/mol. The van der Waals surface area contributed by atoms with E-state index in [1.165, 1.54) is 11.0 Å². The van der Waals surface area contributed by atoms with E-state index < -0.39 is 22.8 Å². The van der Waals surface area contributed by atoms with Gasteiger partial charge in [-0.05, 0) is 49.4 Å². The Morgan fingerprint density at radius 1 is 1.15 bits per heavy atom. The number of halogens is 2. The summed E-state index contributed by atoms with van der Waals surface area (Å²) in [6.07, 6.45) is -0.614. The highest BCUT2D eigenvalue weighted by atomic mass is 35.5. The van der Waals surface area contributed by atoms with E-state index in [4.69, 9.17) is 16.3 Å². The Morgan fingerprint density at radius 2 is 1.82 bits per heavy atom. The number of amides is 3. The Balaban J connectivity index is 1.39. The topological polar surface area (TPSA) is 82.2 Å². The van der Waals surface area contributed by atoms with Crippen molar-refractivity contribution in [3.05, 3.63) is 58.9 Å². The lowest BCUT2D eigenvalue weighted by Gasteiger charge is -2.36. The van der Waals surface area contributed by atoms with E-state index in [-0.39, 0.29) is 19.0 Å². The number of nitrogens with one attached hydrogen (secondary N) is 1. The first kappa shape index (κ1) is 24.2. The van der Waals surface area contributed by atoms with Crippen LogP contribution in [0.25, 0.3) is 0 Å². The first-order chi connectivity index (χ1) is 16.1. The number of hydrogen-bond acceptors (Lipinski definition) is 5. The molecule has 2 heterocycles. The van der Waals surface area contributed by atoms with Gasteiger partial charge in [0.25, 0.3) is 11.1 Å². The lowest BCUT2D eigenvalue weighted by Crippen LogP contribution is -2.49. The van der Waals surface area contributed by atoms with Gasteiger partial charge in [-0.25, -0.2) is 9.18 Å². The minimum Gasteiger partial charge on any atom is -0.439 e. The fourth-order valence-corrected chi connectivity index (χ4v) is 4.30. The van der Waals surface area contributed by atoms with E-state index in [9.17, 15) is 14.4 Å². The van der Waals surface area contributed by atoms with Crippen molar-refractivity contribution >= 4 is 52.8 Å². The zero-order valence-corrected chi connectivity index (χ0v) is 20.1. The number of hydrogen-bond donors (Lipinski definition) is 2. The van der Waals surface area contributed by atoms with E-state index in [1.54, 1.807) is 48.2 Å². The first-order valence-corrected chi connectivity index (χ1v) is 11.5. The second-order valence-corrected chi connectivity index (χ2v) is 9.33. The van der Waals surface area contributed by atoms with Crippen LogP contribution in [-0.4, -0.2) is 67.0 Å². The normalized spacial score (nSPS) is 20.4. The van der Waals surface area contributed by atoms with Gasteiger partial charge in [0.15, 0.2) is 0 Å². The molecule has 2 aromatic rings. The molecule has 2 aliphatic heterocycles. The number of anilines is 2. The van der Waals surface area contributed by atoms with Crippen molar-refractivity contribution in [3.8, 4) is 0 Å². The maximum Gasteiger partial charge on any atom is 0.415 e. The quantitative estimate of drug-likeness (QED) is 0.603. The standard InChI is InChI=1S/C23H24ClFN4O4S/c1-23(13-26-21(31)34)14-29(22(32)33-23)17-6-7-19(18(25)12-17)27-8-10-28(11-9-27)20(30)15-2-4-16(24)5-3-15/h2-7,12H,8-11,13-14H2,1H3,(H2,26,31,34)/t23-/m0/s1. The molecular formula is C23H24ClFN4O4S. The number of carbonyl (C=O) groups excluding carboxylic acids is 3. The minimum absolute atomic E-state index is 0.0863. The summed E-state index contributed by atoms with van der Waals surface area (Å²) in [7, 11) is 0. The fraction of sp³-hybridized carbons (Fsp3) is 0.348. The van der Waals surface area contributed by atoms with Crippen molar-refractivity contribution in [2.24, 2.45) is 0 Å². The van der Waals surface area contributed by atoms with Crippen molar-refractivity contribution in [2.45, 2.75) is 12.5 Å². The third kappa shape index (κ3) is 5.23. The number of rotatable bonds is 5. The molecule has 0 unspecified atom stereocenters. The number of piperazine rings is 1. The average Bonchev–Trinajstić information content (AvgIpc) is 3.12. The van der Waals surface area contributed by atoms with Crippen molar-refractivity contribution in [2.75, 3.05) is 49.1 Å². The molecule has 4 rings (SSSR count). The van der Waals surface area contributed by atoms with Gasteiger partial charge in [-0.15, -0.1) is 0 Å². The van der Waals surface area contributed by atoms with E-state index in [0.717, 1.165) is 0 Å². The van der Waals surface area contributed by atoms with Gasteiger partial charge >= 0.3 is 6.09 Å². The first-order valence-electron chi connectivity index (χ1n) is 10.7. The smallest absolute Gasteiger partial charge is 0.415 e. The number of cyclic esters (lactones) is 1. The third-order valence-electron chi connectivity index (χ3n) is 5.90. The van der Waals surface area contributed by atoms with Crippen molar-refractivity contribution < 1.29 is 23.5 Å². The van der Waals surface area contributed by atoms with E-state index in [1.807, 2.05) is 4.90 Å². The van der Waals surface area contributed by atoms with Crippen LogP contribution < -0.4 is 15.1 Å². The SMILES string of the molecule is C[C@]1(CNC(=O)S)CN(c2ccc(N3CCN(C(=O)c4ccc(Cl)cc4)CC3)c(F)c2)C(=O)O1. The summed E-state index contributed by atoms with van der Waals surface area (Å²) in [5, 5.41) is 2.55. The van der Waals surface area contributed by atoms with Crippen LogP contribution in [0.15, 0.2) is 42.5 Å². The number of thiol groups is 1. The summed E-state index contributed by atoms with van der Waals surface area (Å²) in [6.45, 7) is 3.80. The van der Waals surface area contributed by atoms with Crippen LogP contribution in [0.1, 0.15) is 17.3 Å². The maximum atomic E-state index is 15.0. The molecule has 2 aliphatic rings. The maximum absolute atomic E-state index is 15.0. The van der Waals surface area contributed by atoms with Crippen LogP contribution in [0.3, 0.4) is 0 Å². The Bertz CT molecular complexity index is 1110. The lowest BCUT2D eigenvalue weighted by molar-refractivity contribution is 0.0737. The molecule has 0 saturated carbocycles. The van der Waals surface area contributed by atoms with Gasteiger partial charge in [0.1, 0.15) is 11.4 Å². The second-order valence-electron chi connectivity index (χ2n) is 8.48. The molecule has 0 radical (unpaired) electrons. The lowest BCUT2D eigenvalue weighted by atomic mass is 10.1. The van der Waals surface area contributed by atoms with Crippen LogP contribution in [0, 0.1) is 5.82 Å². The minimum atomic E-state index is -0.947. The van der Waals surface area contributed by atoms with Crippen molar-refractivity contribution in [1.29, 1.82) is 0 Å². The predicted octanol–water partition coefficient (Wildman–Crippen LogP) is 3.80. The Kier molecular flexibility index (Phi) is 6.90. The van der Waals surface area contributed by atoms with Crippen LogP contribution in [0.4, 0.5) is 25.4 Å². The molecule has 0 aromatic heterocycles. The number of nitrogens with zero attached hydrogens (tertiary/aromatic N) is 3. The molecule has 2 saturated heterocycles. The van der Waals surface area contributed by atoms with E-state index in [2.05, 4.69) is 17.9 Å². The van der Waals surface area contributed by atoms with Gasteiger partial charge in [-0.2, -0.15) is 0 Å². The van der Waals surface area contributed by atoms with Gasteiger partial charge < -0.3 is 19.9 Å². The van der Waals surface area contributed by atoms with Crippen molar-refractivity contribution in [3.63, 3.8) is 0 Å². The highest BCUT2D eigenvalue weighted by molar-refractivity contribution is 7.96. The van der Waals surface area contributed by atoms with Crippen molar-refractivity contribution in [1.82, 2.24) is 10.2 Å². The van der Waals surface area contributed by atoms with E-state index >= 15 is 4.39 Å². The fourth-order valence-electron chi connectivity index (χ4n) is 4.09. The molecule has 1 atom stereocenters. The molecule has 0 bridgehead atoms. The van der Waals surface area contributed by atoms with Crippen LogP contribution in [0.2, 0.25) is 5.02 Å². The summed E-state index contributed by atoms with van der Waals surface area (Å²) in [4.78, 5) is 41.1. The van der Waals surface area contributed by atoms with Gasteiger partial charge in [-0.3, -0.25) is 14.5 Å². The number of ether oxygens (including phenoxy) is 1. The molecular weight excluding hydrogens is 483 g/mol. The molecule has 0 aliphatic carbocycles. The van der Waals surface area contributed by atoms with Crippen LogP contribution >= 0.6 is 24.2 Å². The molecule has 8 nitrogen and oxygen atoms in total. The van der Waals surface area contributed by atoms with Gasteiger partial charge in [0.05, 0.1) is 24.5 Å². The molecule has 1 N–H and O–H groups in total. The van der Waals surface area contributed by atoms with Crippen LogP contribution in [0.5, 0.6) is 0 Å². The van der Waals surface area contributed by atoms with Gasteiger partial charge in [0, 0.05) is 36.8 Å². The third-order valence-corrected chi connectivity index (χ3v) is 6.31. The predicted molar refractivity (Wildman–Crippen MR) is 131 cm³/mol. The molecule has 34 heavy (non-hydrogen) atoms.